The Balaban J connectivity index is 2.26. The van der Waals surface area contributed by atoms with E-state index in [1.54, 1.807) is 12.1 Å². The maximum atomic E-state index is 12.7. The third kappa shape index (κ3) is 2.00. The second-order valence-corrected chi connectivity index (χ2v) is 3.87. The Morgan fingerprint density at radius 3 is 3.00 bits per heavy atom. The molecule has 1 aromatic carbocycles. The van der Waals surface area contributed by atoms with Gasteiger partial charge in [0.1, 0.15) is 0 Å². The van der Waals surface area contributed by atoms with Crippen LogP contribution in [0.2, 0.25) is 0 Å². The highest BCUT2D eigenvalue weighted by molar-refractivity contribution is 5.40. The monoisotopic (exact) mass is 224 g/mol. The highest BCUT2D eigenvalue weighted by Crippen LogP contribution is 2.38. The fourth-order valence-corrected chi connectivity index (χ4v) is 2.21. The van der Waals surface area contributed by atoms with Crippen LogP contribution in [-0.2, 0) is 11.2 Å². The van der Waals surface area contributed by atoms with Crippen LogP contribution in [0.25, 0.3) is 0 Å². The van der Waals surface area contributed by atoms with Crippen LogP contribution in [0.5, 0.6) is 0 Å². The first-order valence-electron chi connectivity index (χ1n) is 5.36. The Kier molecular flexibility index (Phi) is 3.34. The molecule has 16 heavy (non-hydrogen) atoms. The van der Waals surface area contributed by atoms with Crippen LogP contribution >= 0.6 is 0 Å². The zero-order valence-electron chi connectivity index (χ0n) is 8.96. The summed E-state index contributed by atoms with van der Waals surface area (Å²) in [6.07, 6.45) is 0.694. The first-order valence-corrected chi connectivity index (χ1v) is 5.36. The zero-order valence-corrected chi connectivity index (χ0v) is 8.96. The molecule has 0 aliphatic heterocycles. The van der Waals surface area contributed by atoms with Crippen molar-refractivity contribution in [1.29, 1.82) is 0 Å². The summed E-state index contributed by atoms with van der Waals surface area (Å²) in [5, 5.41) is 0. The van der Waals surface area contributed by atoms with E-state index in [1.165, 1.54) is 6.07 Å². The average Bonchev–Trinajstić information content (AvgIpc) is 2.69. The van der Waals surface area contributed by atoms with E-state index in [1.807, 2.05) is 6.07 Å². The fourth-order valence-electron chi connectivity index (χ4n) is 2.21. The molecule has 2 rings (SSSR count). The minimum absolute atomic E-state index is 0.0494. The first kappa shape index (κ1) is 11.3. The van der Waals surface area contributed by atoms with Gasteiger partial charge in [-0.3, -0.25) is 0 Å². The SMILES string of the molecule is C=CCO[C@H]1CCc2c(C(F)F)cccc21. The maximum Gasteiger partial charge on any atom is 0.264 e. The maximum absolute atomic E-state index is 12.7. The predicted molar refractivity (Wildman–Crippen MR) is 58.6 cm³/mol. The van der Waals surface area contributed by atoms with Gasteiger partial charge in [-0.1, -0.05) is 24.3 Å². The molecule has 0 aromatic heterocycles. The molecule has 1 atom stereocenters. The van der Waals surface area contributed by atoms with Crippen LogP contribution in [0.1, 0.15) is 35.6 Å². The lowest BCUT2D eigenvalue weighted by Crippen LogP contribution is -2.00. The molecule has 0 heterocycles. The van der Waals surface area contributed by atoms with Crippen molar-refractivity contribution in [1.82, 2.24) is 0 Å². The van der Waals surface area contributed by atoms with E-state index in [2.05, 4.69) is 6.58 Å². The second kappa shape index (κ2) is 4.74. The third-order valence-electron chi connectivity index (χ3n) is 2.90. The van der Waals surface area contributed by atoms with Gasteiger partial charge in [-0.25, -0.2) is 8.78 Å². The van der Waals surface area contributed by atoms with Crippen LogP contribution < -0.4 is 0 Å². The van der Waals surface area contributed by atoms with Crippen molar-refractivity contribution in [3.05, 3.63) is 47.5 Å². The van der Waals surface area contributed by atoms with Crippen molar-refractivity contribution < 1.29 is 13.5 Å². The summed E-state index contributed by atoms with van der Waals surface area (Å²) in [4.78, 5) is 0. The molecule has 3 heteroatoms. The van der Waals surface area contributed by atoms with Crippen LogP contribution in [0.15, 0.2) is 30.9 Å². The standard InChI is InChI=1S/C13H14F2O/c1-2-8-16-12-7-6-9-10(12)4-3-5-11(9)13(14)15/h2-5,12-13H,1,6-8H2/t12-/m0/s1. The van der Waals surface area contributed by atoms with E-state index in [0.717, 1.165) is 17.5 Å². The van der Waals surface area contributed by atoms with Crippen molar-refractivity contribution in [2.24, 2.45) is 0 Å². The number of fused-ring (bicyclic) bond motifs is 1. The lowest BCUT2D eigenvalue weighted by molar-refractivity contribution is 0.0758. The van der Waals surface area contributed by atoms with Crippen molar-refractivity contribution in [3.8, 4) is 0 Å². The minimum atomic E-state index is -2.40. The Morgan fingerprint density at radius 2 is 2.31 bits per heavy atom. The summed E-state index contributed by atoms with van der Waals surface area (Å²) in [7, 11) is 0. The average molecular weight is 224 g/mol. The molecule has 0 amide bonds. The largest absolute Gasteiger partial charge is 0.369 e. The lowest BCUT2D eigenvalue weighted by atomic mass is 10.0. The summed E-state index contributed by atoms with van der Waals surface area (Å²) < 4.78 is 31.0. The number of hydrogen-bond donors (Lipinski definition) is 0. The van der Waals surface area contributed by atoms with E-state index in [4.69, 9.17) is 4.74 Å². The Bertz CT molecular complexity index is 388. The van der Waals surface area contributed by atoms with Gasteiger partial charge in [0.15, 0.2) is 0 Å². The summed E-state index contributed by atoms with van der Waals surface area (Å²) in [6, 6.07) is 5.05. The Hall–Kier alpha value is -1.22. The number of alkyl halides is 2. The van der Waals surface area contributed by atoms with Gasteiger partial charge in [0, 0.05) is 5.56 Å². The molecule has 1 aliphatic rings. The minimum Gasteiger partial charge on any atom is -0.369 e. The Labute approximate surface area is 93.7 Å². The van der Waals surface area contributed by atoms with Gasteiger partial charge < -0.3 is 4.74 Å². The van der Waals surface area contributed by atoms with Gasteiger partial charge in [-0.2, -0.15) is 0 Å². The molecule has 1 nitrogen and oxygen atoms in total. The molecular weight excluding hydrogens is 210 g/mol. The number of hydrogen-bond acceptors (Lipinski definition) is 1. The first-order chi connectivity index (χ1) is 7.74. The molecule has 1 aliphatic carbocycles. The van der Waals surface area contributed by atoms with Gasteiger partial charge in [-0.15, -0.1) is 6.58 Å². The molecule has 0 saturated heterocycles. The molecule has 0 N–H and O–H groups in total. The fraction of sp³-hybridized carbons (Fsp3) is 0.385. The van der Waals surface area contributed by atoms with E-state index in [-0.39, 0.29) is 11.7 Å². The highest BCUT2D eigenvalue weighted by atomic mass is 19.3. The van der Waals surface area contributed by atoms with Crippen molar-refractivity contribution in [2.75, 3.05) is 6.61 Å². The molecule has 0 fully saturated rings. The predicted octanol–water partition coefficient (Wildman–Crippen LogP) is 3.81. The van der Waals surface area contributed by atoms with Gasteiger partial charge in [0.05, 0.1) is 12.7 Å². The van der Waals surface area contributed by atoms with Crippen molar-refractivity contribution in [3.63, 3.8) is 0 Å². The van der Waals surface area contributed by atoms with Gasteiger partial charge in [0.2, 0.25) is 0 Å². The topological polar surface area (TPSA) is 9.23 Å². The Morgan fingerprint density at radius 1 is 1.50 bits per heavy atom. The second-order valence-electron chi connectivity index (χ2n) is 3.87. The number of rotatable bonds is 4. The molecule has 1 aromatic rings. The van der Waals surface area contributed by atoms with Gasteiger partial charge >= 0.3 is 0 Å². The number of halogens is 2. The molecular formula is C13H14F2O. The van der Waals surface area contributed by atoms with Crippen molar-refractivity contribution in [2.45, 2.75) is 25.4 Å². The summed E-state index contributed by atoms with van der Waals surface area (Å²) in [5.41, 5.74) is 1.84. The molecule has 0 spiro atoms. The van der Waals surface area contributed by atoms with E-state index >= 15 is 0 Å². The molecule has 0 radical (unpaired) electrons. The molecule has 86 valence electrons. The third-order valence-corrected chi connectivity index (χ3v) is 2.90. The quantitative estimate of drug-likeness (QED) is 0.706. The zero-order chi connectivity index (χ0) is 11.5. The highest BCUT2D eigenvalue weighted by Gasteiger charge is 2.27. The van der Waals surface area contributed by atoms with Crippen LogP contribution in [0.4, 0.5) is 8.78 Å². The summed E-state index contributed by atoms with van der Waals surface area (Å²) in [6.45, 7) is 4.04. The lowest BCUT2D eigenvalue weighted by Gasteiger charge is -2.12. The summed E-state index contributed by atoms with van der Waals surface area (Å²) in [5.74, 6) is 0. The van der Waals surface area contributed by atoms with E-state index in [9.17, 15) is 8.78 Å². The number of ether oxygens (including phenoxy) is 1. The van der Waals surface area contributed by atoms with E-state index in [0.29, 0.717) is 13.0 Å². The number of benzene rings is 1. The van der Waals surface area contributed by atoms with Gasteiger partial charge in [0.25, 0.3) is 6.43 Å². The molecule has 0 bridgehead atoms. The molecule has 0 saturated carbocycles. The van der Waals surface area contributed by atoms with Crippen LogP contribution in [-0.4, -0.2) is 6.61 Å². The summed E-state index contributed by atoms with van der Waals surface area (Å²) >= 11 is 0. The van der Waals surface area contributed by atoms with Crippen LogP contribution in [0.3, 0.4) is 0 Å². The van der Waals surface area contributed by atoms with E-state index < -0.39 is 6.43 Å². The van der Waals surface area contributed by atoms with Crippen LogP contribution in [0, 0.1) is 0 Å². The smallest absolute Gasteiger partial charge is 0.264 e. The normalized spacial score (nSPS) is 18.8. The van der Waals surface area contributed by atoms with Gasteiger partial charge in [-0.05, 0) is 24.0 Å². The van der Waals surface area contributed by atoms with Crippen molar-refractivity contribution >= 4 is 0 Å². The molecule has 0 unspecified atom stereocenters.